The summed E-state index contributed by atoms with van der Waals surface area (Å²) in [5, 5.41) is 0. The van der Waals surface area contributed by atoms with Crippen LogP contribution in [0.1, 0.15) is 30.6 Å². The molecule has 0 aliphatic rings. The van der Waals surface area contributed by atoms with Crippen molar-refractivity contribution >= 4 is 5.78 Å². The molecule has 1 aromatic rings. The quantitative estimate of drug-likeness (QED) is 0.700. The van der Waals surface area contributed by atoms with Crippen LogP contribution in [0.3, 0.4) is 0 Å². The lowest BCUT2D eigenvalue weighted by Gasteiger charge is -2.17. The zero-order valence-corrected chi connectivity index (χ0v) is 11.2. The molecule has 0 radical (unpaired) electrons. The Hall–Kier alpha value is -1.42. The highest BCUT2D eigenvalue weighted by Crippen LogP contribution is 2.18. The van der Waals surface area contributed by atoms with Crippen LogP contribution in [0.25, 0.3) is 0 Å². The van der Waals surface area contributed by atoms with Gasteiger partial charge in [0.15, 0.2) is 17.3 Å². The summed E-state index contributed by atoms with van der Waals surface area (Å²) in [4.78, 5) is 14.1. The Balaban J connectivity index is 2.64. The first-order valence-electron chi connectivity index (χ1n) is 6.21. The van der Waals surface area contributed by atoms with Crippen molar-refractivity contribution in [1.29, 1.82) is 0 Å². The third-order valence-corrected chi connectivity index (χ3v) is 3.02. The smallest absolute Gasteiger partial charge is 0.165 e. The topological polar surface area (TPSA) is 29.5 Å². The molecular weight excluding hydrogens is 233 g/mol. The number of nitrogens with zero attached hydrogens (tertiary/aromatic N) is 1. The van der Waals surface area contributed by atoms with E-state index in [9.17, 15) is 9.18 Å². The first-order chi connectivity index (χ1) is 8.62. The van der Waals surface area contributed by atoms with E-state index in [1.807, 2.05) is 0 Å². The van der Waals surface area contributed by atoms with Crippen LogP contribution in [-0.4, -0.2) is 37.4 Å². The standard InChI is InChI=1S/C14H20FNO2/c1-4-16(5-2)9-8-13(17)11-6-7-14(18-3)12(15)10-11/h6-7,10H,4-5,8-9H2,1-3H3. The van der Waals surface area contributed by atoms with Crippen molar-refractivity contribution in [2.24, 2.45) is 0 Å². The highest BCUT2D eigenvalue weighted by molar-refractivity contribution is 5.96. The molecule has 0 aromatic heterocycles. The molecule has 18 heavy (non-hydrogen) atoms. The van der Waals surface area contributed by atoms with Gasteiger partial charge in [-0.05, 0) is 31.3 Å². The minimum atomic E-state index is -0.494. The van der Waals surface area contributed by atoms with Crippen molar-refractivity contribution in [2.45, 2.75) is 20.3 Å². The summed E-state index contributed by atoms with van der Waals surface area (Å²) in [6.07, 6.45) is 0.410. The van der Waals surface area contributed by atoms with Gasteiger partial charge in [0.1, 0.15) is 0 Å². The predicted molar refractivity (Wildman–Crippen MR) is 69.7 cm³/mol. The molecule has 0 saturated carbocycles. The number of ketones is 1. The number of hydrogen-bond donors (Lipinski definition) is 0. The molecule has 0 aliphatic carbocycles. The van der Waals surface area contributed by atoms with E-state index >= 15 is 0 Å². The summed E-state index contributed by atoms with van der Waals surface area (Å²) in [7, 11) is 1.40. The summed E-state index contributed by atoms with van der Waals surface area (Å²) in [5.41, 5.74) is 0.403. The third-order valence-electron chi connectivity index (χ3n) is 3.02. The second-order valence-corrected chi connectivity index (χ2v) is 4.05. The van der Waals surface area contributed by atoms with E-state index < -0.39 is 5.82 Å². The zero-order chi connectivity index (χ0) is 13.5. The molecule has 4 heteroatoms. The second kappa shape index (κ2) is 7.11. The molecular formula is C14H20FNO2. The fourth-order valence-electron chi connectivity index (χ4n) is 1.78. The molecule has 1 aromatic carbocycles. The summed E-state index contributed by atoms with van der Waals surface area (Å²) >= 11 is 0. The van der Waals surface area contributed by atoms with Gasteiger partial charge in [-0.25, -0.2) is 4.39 Å². The summed E-state index contributed by atoms with van der Waals surface area (Å²) in [6, 6.07) is 4.33. The van der Waals surface area contributed by atoms with Crippen LogP contribution >= 0.6 is 0 Å². The van der Waals surface area contributed by atoms with Gasteiger partial charge in [0.05, 0.1) is 7.11 Å². The average Bonchev–Trinajstić information content (AvgIpc) is 2.39. The number of ether oxygens (including phenoxy) is 1. The van der Waals surface area contributed by atoms with Gasteiger partial charge in [0.2, 0.25) is 0 Å². The zero-order valence-electron chi connectivity index (χ0n) is 11.2. The van der Waals surface area contributed by atoms with Gasteiger partial charge in [-0.15, -0.1) is 0 Å². The highest BCUT2D eigenvalue weighted by atomic mass is 19.1. The van der Waals surface area contributed by atoms with Crippen LogP contribution in [0.5, 0.6) is 5.75 Å². The molecule has 0 fully saturated rings. The maximum Gasteiger partial charge on any atom is 0.165 e. The number of rotatable bonds is 7. The first kappa shape index (κ1) is 14.6. The third kappa shape index (κ3) is 3.81. The van der Waals surface area contributed by atoms with Crippen molar-refractivity contribution in [2.75, 3.05) is 26.7 Å². The molecule has 1 rings (SSSR count). The van der Waals surface area contributed by atoms with Crippen molar-refractivity contribution in [1.82, 2.24) is 4.90 Å². The van der Waals surface area contributed by atoms with Gasteiger partial charge in [-0.2, -0.15) is 0 Å². The van der Waals surface area contributed by atoms with Crippen LogP contribution in [0.2, 0.25) is 0 Å². The summed E-state index contributed by atoms with van der Waals surface area (Å²) in [5.74, 6) is -0.370. The van der Waals surface area contributed by atoms with E-state index in [0.717, 1.165) is 13.1 Å². The van der Waals surface area contributed by atoms with E-state index in [0.29, 0.717) is 18.5 Å². The number of Topliss-reactive ketones (excluding diaryl/α,β-unsaturated/α-hetero) is 1. The maximum absolute atomic E-state index is 13.5. The monoisotopic (exact) mass is 253 g/mol. The molecule has 0 atom stereocenters. The SMILES string of the molecule is CCN(CC)CCC(=O)c1ccc(OC)c(F)c1. The Morgan fingerprint density at radius 2 is 2.00 bits per heavy atom. The Morgan fingerprint density at radius 1 is 1.33 bits per heavy atom. The molecule has 0 spiro atoms. The van der Waals surface area contributed by atoms with Crippen LogP contribution in [-0.2, 0) is 0 Å². The lowest BCUT2D eigenvalue weighted by molar-refractivity contribution is 0.0966. The summed E-state index contributed by atoms with van der Waals surface area (Å²) in [6.45, 7) is 6.66. The average molecular weight is 253 g/mol. The van der Waals surface area contributed by atoms with Gasteiger partial charge in [0.25, 0.3) is 0 Å². The number of hydrogen-bond acceptors (Lipinski definition) is 3. The maximum atomic E-state index is 13.5. The largest absolute Gasteiger partial charge is 0.494 e. The van der Waals surface area contributed by atoms with Gasteiger partial charge in [0, 0.05) is 18.5 Å². The molecule has 0 bridgehead atoms. The van der Waals surface area contributed by atoms with Crippen LogP contribution < -0.4 is 4.74 Å². The number of benzene rings is 1. The number of carbonyl (C=O) groups excluding carboxylic acids is 1. The minimum Gasteiger partial charge on any atom is -0.494 e. The molecule has 0 amide bonds. The minimum absolute atomic E-state index is 0.0385. The second-order valence-electron chi connectivity index (χ2n) is 4.05. The Bertz CT molecular complexity index is 403. The molecule has 0 N–H and O–H groups in total. The Kier molecular flexibility index (Phi) is 5.78. The fourth-order valence-corrected chi connectivity index (χ4v) is 1.78. The number of halogens is 1. The fraction of sp³-hybridized carbons (Fsp3) is 0.500. The first-order valence-corrected chi connectivity index (χ1v) is 6.21. The highest BCUT2D eigenvalue weighted by Gasteiger charge is 2.11. The summed E-state index contributed by atoms with van der Waals surface area (Å²) < 4.78 is 18.3. The van der Waals surface area contributed by atoms with Crippen molar-refractivity contribution in [3.63, 3.8) is 0 Å². The normalized spacial score (nSPS) is 10.7. The lowest BCUT2D eigenvalue weighted by Crippen LogP contribution is -2.25. The van der Waals surface area contributed by atoms with Crippen LogP contribution in [0.4, 0.5) is 4.39 Å². The van der Waals surface area contributed by atoms with Crippen molar-refractivity contribution < 1.29 is 13.9 Å². The molecule has 0 heterocycles. The van der Waals surface area contributed by atoms with E-state index in [1.54, 1.807) is 6.07 Å². The Labute approximate surface area is 108 Å². The molecule has 0 saturated heterocycles. The van der Waals surface area contributed by atoms with Crippen molar-refractivity contribution in [3.8, 4) is 5.75 Å². The lowest BCUT2D eigenvalue weighted by atomic mass is 10.1. The van der Waals surface area contributed by atoms with Gasteiger partial charge in [-0.3, -0.25) is 4.79 Å². The molecule has 0 unspecified atom stereocenters. The van der Waals surface area contributed by atoms with Crippen LogP contribution in [0.15, 0.2) is 18.2 Å². The number of methoxy groups -OCH3 is 1. The van der Waals surface area contributed by atoms with Crippen molar-refractivity contribution in [3.05, 3.63) is 29.6 Å². The van der Waals surface area contributed by atoms with E-state index in [-0.39, 0.29) is 11.5 Å². The van der Waals surface area contributed by atoms with Gasteiger partial charge >= 0.3 is 0 Å². The molecule has 0 aliphatic heterocycles. The van der Waals surface area contributed by atoms with Gasteiger partial charge < -0.3 is 9.64 Å². The van der Waals surface area contributed by atoms with Gasteiger partial charge in [-0.1, -0.05) is 13.8 Å². The van der Waals surface area contributed by atoms with E-state index in [4.69, 9.17) is 4.74 Å². The van der Waals surface area contributed by atoms with E-state index in [2.05, 4.69) is 18.7 Å². The Morgan fingerprint density at radius 3 is 2.50 bits per heavy atom. The predicted octanol–water partition coefficient (Wildman–Crippen LogP) is 2.75. The molecule has 100 valence electrons. The van der Waals surface area contributed by atoms with E-state index in [1.165, 1.54) is 19.2 Å². The number of carbonyl (C=O) groups is 1. The molecule has 3 nitrogen and oxygen atoms in total. The van der Waals surface area contributed by atoms with Crippen LogP contribution in [0, 0.1) is 5.82 Å².